The zero-order chi connectivity index (χ0) is 26.7. The molecule has 0 aliphatic carbocycles. The van der Waals surface area contributed by atoms with Crippen LogP contribution in [-0.2, 0) is 17.8 Å². The third kappa shape index (κ3) is 5.12. The average molecular weight is 510 g/mol. The molecule has 0 saturated carbocycles. The normalized spacial score (nSPS) is 11.8. The highest BCUT2D eigenvalue weighted by molar-refractivity contribution is 5.95. The number of rotatable bonds is 11. The van der Waals surface area contributed by atoms with Crippen LogP contribution in [0, 0.1) is 0 Å². The minimum Gasteiger partial charge on any atom is -0.493 e. The molecule has 0 saturated heterocycles. The minimum absolute atomic E-state index is 0.609. The van der Waals surface area contributed by atoms with E-state index < -0.39 is 11.5 Å². The number of aryl methyl sites for hydroxylation is 2. The first-order valence-electron chi connectivity index (χ1n) is 13.3. The molecule has 0 unspecified atom stereocenters. The van der Waals surface area contributed by atoms with E-state index >= 15 is 0 Å². The van der Waals surface area contributed by atoms with Crippen LogP contribution >= 0.6 is 0 Å². The number of nitrogens with zero attached hydrogens (tertiary/aromatic N) is 1. The van der Waals surface area contributed by atoms with Crippen molar-refractivity contribution in [2.24, 2.45) is 0 Å². The topological polar surface area (TPSA) is 79.3 Å². The lowest BCUT2D eigenvalue weighted by Crippen LogP contribution is -2.39. The number of hydrogen-bond acceptors (Lipinski definition) is 3. The van der Waals surface area contributed by atoms with Gasteiger partial charge in [0.25, 0.3) is 0 Å². The van der Waals surface area contributed by atoms with Crippen LogP contribution in [0.3, 0.4) is 0 Å². The van der Waals surface area contributed by atoms with Crippen molar-refractivity contribution < 1.29 is 14.6 Å². The van der Waals surface area contributed by atoms with Gasteiger partial charge in [0.05, 0.1) is 17.6 Å². The first-order valence-corrected chi connectivity index (χ1v) is 13.3. The highest BCUT2D eigenvalue weighted by Gasteiger charge is 2.27. The van der Waals surface area contributed by atoms with E-state index in [1.165, 1.54) is 16.5 Å². The number of aromatic amines is 1. The number of aromatic nitrogens is 2. The first kappa shape index (κ1) is 25.5. The smallest absolute Gasteiger partial charge is 0.328 e. The van der Waals surface area contributed by atoms with Crippen LogP contribution in [0.5, 0.6) is 5.75 Å². The quantitative estimate of drug-likeness (QED) is 0.161. The molecule has 0 bridgehead atoms. The summed E-state index contributed by atoms with van der Waals surface area (Å²) in [6.45, 7) is 6.95. The zero-order valence-electron chi connectivity index (χ0n) is 22.3. The van der Waals surface area contributed by atoms with Crippen molar-refractivity contribution in [1.82, 2.24) is 9.55 Å². The maximum atomic E-state index is 11.6. The molecular weight excluding hydrogens is 474 g/mol. The molecule has 0 radical (unpaired) electrons. The number of anilines is 1. The first-order chi connectivity index (χ1) is 18.4. The predicted molar refractivity (Wildman–Crippen MR) is 155 cm³/mol. The van der Waals surface area contributed by atoms with Crippen LogP contribution in [0.15, 0.2) is 79.0 Å². The number of hydrogen-bond donors (Lipinski definition) is 3. The van der Waals surface area contributed by atoms with Crippen LogP contribution in [0.1, 0.15) is 39.2 Å². The Labute approximate surface area is 223 Å². The Bertz CT molecular complexity index is 1560. The molecule has 6 heteroatoms. The Hall–Kier alpha value is -4.19. The van der Waals surface area contributed by atoms with Gasteiger partial charge in [-0.3, -0.25) is 0 Å². The molecule has 0 amide bonds. The molecule has 0 aliphatic heterocycles. The van der Waals surface area contributed by atoms with Crippen LogP contribution in [-0.4, -0.2) is 32.8 Å². The molecule has 6 nitrogen and oxygen atoms in total. The molecule has 0 fully saturated rings. The maximum Gasteiger partial charge on any atom is 0.328 e. The second-order valence-corrected chi connectivity index (χ2v) is 10.3. The molecule has 3 N–H and O–H groups in total. The van der Waals surface area contributed by atoms with Gasteiger partial charge in [-0.2, -0.15) is 0 Å². The van der Waals surface area contributed by atoms with Crippen molar-refractivity contribution in [3.05, 3.63) is 84.6 Å². The monoisotopic (exact) mass is 509 g/mol. The Morgan fingerprint density at radius 2 is 1.87 bits per heavy atom. The van der Waals surface area contributed by atoms with E-state index in [-0.39, 0.29) is 0 Å². The van der Waals surface area contributed by atoms with E-state index in [4.69, 9.17) is 4.74 Å². The second kappa shape index (κ2) is 10.7. The molecule has 0 spiro atoms. The fourth-order valence-corrected chi connectivity index (χ4v) is 4.98. The molecule has 5 rings (SSSR count). The fourth-order valence-electron chi connectivity index (χ4n) is 4.98. The molecule has 5 aromatic rings. The Morgan fingerprint density at radius 3 is 2.63 bits per heavy atom. The van der Waals surface area contributed by atoms with Gasteiger partial charge in [-0.1, -0.05) is 49.7 Å². The fraction of sp³-hybridized carbons (Fsp3) is 0.281. The zero-order valence-corrected chi connectivity index (χ0v) is 22.3. The highest BCUT2D eigenvalue weighted by Crippen LogP contribution is 2.33. The molecule has 0 atom stereocenters. The van der Waals surface area contributed by atoms with Crippen molar-refractivity contribution in [1.29, 1.82) is 0 Å². The van der Waals surface area contributed by atoms with Crippen LogP contribution in [0.2, 0.25) is 0 Å². The summed E-state index contributed by atoms with van der Waals surface area (Å²) in [6.07, 6.45) is 4.90. The van der Waals surface area contributed by atoms with Gasteiger partial charge in [0.2, 0.25) is 0 Å². The summed E-state index contributed by atoms with van der Waals surface area (Å²) in [6, 6.07) is 24.8. The SMILES string of the molecule is CCCc1c(OCCCn2ccc3c(NC(C)(C)C(=O)O)cccc32)ccc2cc(-c3ccccc3)[nH]c12. The number of carboxylic acids is 1. The third-order valence-electron chi connectivity index (χ3n) is 7.04. The number of H-pyrrole nitrogens is 1. The van der Waals surface area contributed by atoms with Gasteiger partial charge in [-0.25, -0.2) is 4.79 Å². The molecule has 196 valence electrons. The lowest BCUT2D eigenvalue weighted by molar-refractivity contribution is -0.141. The lowest BCUT2D eigenvalue weighted by atomic mass is 10.0. The lowest BCUT2D eigenvalue weighted by Gasteiger charge is -2.23. The molecule has 0 aliphatic rings. The van der Waals surface area contributed by atoms with Gasteiger partial charge in [-0.15, -0.1) is 0 Å². The van der Waals surface area contributed by atoms with E-state index in [2.05, 4.69) is 76.5 Å². The Kier molecular flexibility index (Phi) is 7.14. The number of ether oxygens (including phenoxy) is 1. The highest BCUT2D eigenvalue weighted by atomic mass is 16.5. The van der Waals surface area contributed by atoms with Crippen molar-refractivity contribution in [3.63, 3.8) is 0 Å². The minimum atomic E-state index is -1.05. The van der Waals surface area contributed by atoms with E-state index in [1.807, 2.05) is 24.3 Å². The molecule has 38 heavy (non-hydrogen) atoms. The molecular formula is C32H35N3O3. The Balaban J connectivity index is 1.29. The number of nitrogens with one attached hydrogen (secondary N) is 2. The van der Waals surface area contributed by atoms with Crippen LogP contribution < -0.4 is 10.1 Å². The number of benzene rings is 3. The third-order valence-corrected chi connectivity index (χ3v) is 7.04. The standard InChI is InChI=1S/C32H35N3O3/c1-4-10-25-29(16-15-23-21-27(33-30(23)25)22-11-6-5-7-12-22)38-20-9-18-35-19-17-24-26(13-8-14-28(24)35)34-32(2,3)31(36)37/h5-8,11-17,19,21,33-34H,4,9-10,18,20H2,1-3H3,(H,36,37). The summed E-state index contributed by atoms with van der Waals surface area (Å²) >= 11 is 0. The predicted octanol–water partition coefficient (Wildman–Crippen LogP) is 7.49. The van der Waals surface area contributed by atoms with Crippen molar-refractivity contribution in [3.8, 4) is 17.0 Å². The van der Waals surface area contributed by atoms with Gasteiger partial charge in [0.15, 0.2) is 0 Å². The van der Waals surface area contributed by atoms with Crippen molar-refractivity contribution in [2.45, 2.75) is 52.1 Å². The van der Waals surface area contributed by atoms with E-state index in [0.717, 1.165) is 59.4 Å². The largest absolute Gasteiger partial charge is 0.493 e. The summed E-state index contributed by atoms with van der Waals surface area (Å²) < 4.78 is 8.53. The summed E-state index contributed by atoms with van der Waals surface area (Å²) in [5.41, 5.74) is 5.53. The average Bonchev–Trinajstić information content (AvgIpc) is 3.53. The van der Waals surface area contributed by atoms with Gasteiger partial charge >= 0.3 is 5.97 Å². The maximum absolute atomic E-state index is 11.6. The van der Waals surface area contributed by atoms with Gasteiger partial charge in [0.1, 0.15) is 11.3 Å². The van der Waals surface area contributed by atoms with Crippen molar-refractivity contribution in [2.75, 3.05) is 11.9 Å². The number of aliphatic carboxylic acids is 1. The summed E-state index contributed by atoms with van der Waals surface area (Å²) in [5, 5.41) is 14.9. The van der Waals surface area contributed by atoms with E-state index in [0.29, 0.717) is 6.61 Å². The van der Waals surface area contributed by atoms with Gasteiger partial charge < -0.3 is 24.7 Å². The summed E-state index contributed by atoms with van der Waals surface area (Å²) in [7, 11) is 0. The summed E-state index contributed by atoms with van der Waals surface area (Å²) in [5.74, 6) is 0.0583. The van der Waals surface area contributed by atoms with E-state index in [1.54, 1.807) is 13.8 Å². The molecule has 2 aromatic heterocycles. The number of fused-ring (bicyclic) bond motifs is 2. The number of carboxylic acid groups (broad SMARTS) is 1. The summed E-state index contributed by atoms with van der Waals surface area (Å²) in [4.78, 5) is 15.2. The van der Waals surface area contributed by atoms with Gasteiger partial charge in [0, 0.05) is 40.5 Å². The van der Waals surface area contributed by atoms with Crippen LogP contribution in [0.4, 0.5) is 5.69 Å². The second-order valence-electron chi connectivity index (χ2n) is 10.3. The molecule has 2 heterocycles. The van der Waals surface area contributed by atoms with Crippen molar-refractivity contribution >= 4 is 33.5 Å². The molecule has 3 aromatic carbocycles. The number of carbonyl (C=O) groups is 1. The van der Waals surface area contributed by atoms with Gasteiger partial charge in [-0.05, 0) is 68.7 Å². The van der Waals surface area contributed by atoms with Crippen LogP contribution in [0.25, 0.3) is 33.1 Å². The van der Waals surface area contributed by atoms with E-state index in [9.17, 15) is 9.90 Å². The Morgan fingerprint density at radius 1 is 1.05 bits per heavy atom.